The molecule has 4 aliphatic rings. The number of carbonyl (C=O) groups excluding carboxylic acids is 3. The van der Waals surface area contributed by atoms with Crippen molar-refractivity contribution in [2.24, 2.45) is 11.8 Å². The van der Waals surface area contributed by atoms with Gasteiger partial charge >= 0.3 is 0 Å². The molecule has 0 radical (unpaired) electrons. The molecule has 8 heteroatoms. The number of β-amino-alcohol motifs (C(OH)–C–C–N with tert-alkyl or cyclic N) is 1. The molecular weight excluding hydrogens is 482 g/mol. The minimum Gasteiger partial charge on any atom is -0.395 e. The Bertz CT molecular complexity index is 1070. The lowest BCUT2D eigenvalue weighted by atomic mass is 9.70. The first-order valence-corrected chi connectivity index (χ1v) is 14.0. The number of hydrogen-bond donors (Lipinski definition) is 1. The van der Waals surface area contributed by atoms with Gasteiger partial charge in [-0.15, -0.1) is 13.2 Å². The van der Waals surface area contributed by atoms with Crippen LogP contribution in [-0.2, 0) is 19.1 Å². The van der Waals surface area contributed by atoms with Crippen molar-refractivity contribution in [3.05, 3.63) is 55.6 Å². The van der Waals surface area contributed by atoms with Crippen LogP contribution in [-0.4, -0.2) is 82.7 Å². The summed E-state index contributed by atoms with van der Waals surface area (Å²) in [5.41, 5.74) is -0.340. The first-order chi connectivity index (χ1) is 18.5. The molecule has 38 heavy (non-hydrogen) atoms. The third-order valence-corrected chi connectivity index (χ3v) is 8.93. The van der Waals surface area contributed by atoms with Crippen LogP contribution < -0.4 is 4.90 Å². The molecule has 204 valence electrons. The second-order valence-electron chi connectivity index (χ2n) is 11.0. The maximum Gasteiger partial charge on any atom is 0.248 e. The molecule has 4 fully saturated rings. The van der Waals surface area contributed by atoms with E-state index in [4.69, 9.17) is 4.74 Å². The number of likely N-dealkylation sites (tertiary alicyclic amines) is 1. The number of carbonyl (C=O) groups is 3. The van der Waals surface area contributed by atoms with E-state index in [1.807, 2.05) is 35.2 Å². The van der Waals surface area contributed by atoms with E-state index >= 15 is 0 Å². The predicted molar refractivity (Wildman–Crippen MR) is 144 cm³/mol. The first-order valence-electron chi connectivity index (χ1n) is 14.0. The van der Waals surface area contributed by atoms with Crippen LogP contribution in [0.3, 0.4) is 0 Å². The van der Waals surface area contributed by atoms with Crippen molar-refractivity contribution in [3.63, 3.8) is 0 Å². The average Bonchev–Trinajstić information content (AvgIpc) is 3.58. The summed E-state index contributed by atoms with van der Waals surface area (Å²) >= 11 is 0. The maximum absolute atomic E-state index is 14.3. The lowest BCUT2D eigenvalue weighted by Crippen LogP contribution is -2.58. The van der Waals surface area contributed by atoms with Crippen LogP contribution in [0.5, 0.6) is 0 Å². The van der Waals surface area contributed by atoms with E-state index < -0.39 is 29.6 Å². The number of aliphatic hydroxyl groups excluding tert-OH is 1. The highest BCUT2D eigenvalue weighted by Gasteiger charge is 2.75. The maximum atomic E-state index is 14.3. The highest BCUT2D eigenvalue weighted by Crippen LogP contribution is 2.59. The number of benzene rings is 1. The third kappa shape index (κ3) is 4.28. The number of amides is 3. The molecule has 1 aromatic carbocycles. The molecule has 1 spiro atoms. The number of rotatable bonds is 10. The monoisotopic (exact) mass is 521 g/mol. The molecule has 5 rings (SSSR count). The largest absolute Gasteiger partial charge is 0.395 e. The fourth-order valence-corrected chi connectivity index (χ4v) is 7.41. The fourth-order valence-electron chi connectivity index (χ4n) is 7.41. The normalized spacial score (nSPS) is 30.2. The van der Waals surface area contributed by atoms with Crippen molar-refractivity contribution in [3.8, 4) is 0 Å². The van der Waals surface area contributed by atoms with Gasteiger partial charge in [-0.05, 0) is 37.8 Å². The molecule has 0 aromatic heterocycles. The van der Waals surface area contributed by atoms with E-state index in [-0.39, 0.29) is 36.9 Å². The average molecular weight is 522 g/mol. The number of fused-ring (bicyclic) bond motifs is 1. The lowest BCUT2D eigenvalue weighted by Gasteiger charge is -2.40. The van der Waals surface area contributed by atoms with E-state index in [1.165, 1.54) is 4.90 Å². The number of nitrogens with zero attached hydrogens (tertiary/aromatic N) is 3. The quantitative estimate of drug-likeness (QED) is 0.478. The van der Waals surface area contributed by atoms with Crippen LogP contribution in [0.25, 0.3) is 0 Å². The van der Waals surface area contributed by atoms with Gasteiger partial charge in [0.15, 0.2) is 0 Å². The number of hydrogen-bond acceptors (Lipinski definition) is 5. The van der Waals surface area contributed by atoms with Crippen LogP contribution in [0.2, 0.25) is 0 Å². The zero-order chi connectivity index (χ0) is 26.9. The Hall–Kier alpha value is -2.97. The van der Waals surface area contributed by atoms with Gasteiger partial charge in [-0.25, -0.2) is 0 Å². The molecule has 3 heterocycles. The Morgan fingerprint density at radius 2 is 1.76 bits per heavy atom. The standard InChI is InChI=1S/C30H39N3O5/c1-3-17-31(21-11-7-5-8-12-21)27(35)24-23-15-16-30(38-23)25(24)28(36)33(19-20-34)26(30)29(37)32(18-4-2)22-13-9-6-10-14-22/h3-5,7-8,11-12,22-26,34H,1-2,6,9-10,13-20H2/t23-,24+,25+,26?,30?/m1/s1. The highest BCUT2D eigenvalue weighted by atomic mass is 16.5. The minimum absolute atomic E-state index is 0.0318. The molecule has 1 N–H and O–H groups in total. The second-order valence-corrected chi connectivity index (χ2v) is 11.0. The zero-order valence-corrected chi connectivity index (χ0v) is 22.0. The summed E-state index contributed by atoms with van der Waals surface area (Å²) < 4.78 is 6.59. The summed E-state index contributed by atoms with van der Waals surface area (Å²) in [5.74, 6) is -2.07. The Kier molecular flexibility index (Phi) is 7.73. The van der Waals surface area contributed by atoms with Crippen LogP contribution in [0.1, 0.15) is 44.9 Å². The van der Waals surface area contributed by atoms with E-state index in [0.717, 1.165) is 37.8 Å². The van der Waals surface area contributed by atoms with Gasteiger partial charge in [0.2, 0.25) is 17.7 Å². The predicted octanol–water partition coefficient (Wildman–Crippen LogP) is 2.92. The van der Waals surface area contributed by atoms with Crippen molar-refractivity contribution >= 4 is 23.4 Å². The van der Waals surface area contributed by atoms with Crippen molar-refractivity contribution in [2.45, 2.75) is 68.7 Å². The summed E-state index contributed by atoms with van der Waals surface area (Å²) in [6.07, 6.45) is 9.27. The second kappa shape index (κ2) is 11.0. The van der Waals surface area contributed by atoms with Crippen LogP contribution in [0.4, 0.5) is 5.69 Å². The summed E-state index contributed by atoms with van der Waals surface area (Å²) in [7, 11) is 0. The van der Waals surface area contributed by atoms with Gasteiger partial charge in [-0.2, -0.15) is 0 Å². The molecule has 3 saturated heterocycles. The van der Waals surface area contributed by atoms with Crippen molar-refractivity contribution in [2.75, 3.05) is 31.1 Å². The van der Waals surface area contributed by atoms with Crippen LogP contribution in [0, 0.1) is 11.8 Å². The SMILES string of the molecule is C=CCN(C(=O)[C@@H]1[C@H]2C(=O)N(CCO)C(C(=O)N(CC=C)C3CCCCC3)C23CC[C@H]1O3)c1ccccc1. The van der Waals surface area contributed by atoms with Crippen molar-refractivity contribution in [1.82, 2.24) is 9.80 Å². The molecule has 1 aromatic rings. The Morgan fingerprint density at radius 1 is 1.05 bits per heavy atom. The Labute approximate surface area is 224 Å². The third-order valence-electron chi connectivity index (χ3n) is 8.93. The van der Waals surface area contributed by atoms with Gasteiger partial charge in [0.1, 0.15) is 11.6 Å². The fraction of sp³-hybridized carbons (Fsp3) is 0.567. The molecule has 1 saturated carbocycles. The highest BCUT2D eigenvalue weighted by molar-refractivity contribution is 6.03. The van der Waals surface area contributed by atoms with Crippen molar-refractivity contribution < 1.29 is 24.2 Å². The van der Waals surface area contributed by atoms with E-state index in [2.05, 4.69) is 13.2 Å². The summed E-state index contributed by atoms with van der Waals surface area (Å²) in [6.45, 7) is 8.18. The molecule has 1 aliphatic carbocycles. The lowest BCUT2D eigenvalue weighted by molar-refractivity contribution is -0.150. The molecule has 8 nitrogen and oxygen atoms in total. The molecule has 2 unspecified atom stereocenters. The van der Waals surface area contributed by atoms with Gasteiger partial charge in [-0.3, -0.25) is 14.4 Å². The molecule has 3 aliphatic heterocycles. The molecule has 3 amide bonds. The van der Waals surface area contributed by atoms with Crippen molar-refractivity contribution in [1.29, 1.82) is 0 Å². The van der Waals surface area contributed by atoms with Gasteiger partial charge in [0.05, 0.1) is 24.5 Å². The molecule has 5 atom stereocenters. The van der Waals surface area contributed by atoms with E-state index in [1.54, 1.807) is 17.1 Å². The number of anilines is 1. The van der Waals surface area contributed by atoms with Gasteiger partial charge in [0.25, 0.3) is 0 Å². The Balaban J connectivity index is 1.51. The summed E-state index contributed by atoms with van der Waals surface area (Å²) in [5, 5.41) is 9.88. The summed E-state index contributed by atoms with van der Waals surface area (Å²) in [4.78, 5) is 47.5. The van der Waals surface area contributed by atoms with Gasteiger partial charge in [0, 0.05) is 31.4 Å². The van der Waals surface area contributed by atoms with Crippen LogP contribution in [0.15, 0.2) is 55.6 Å². The summed E-state index contributed by atoms with van der Waals surface area (Å²) in [6, 6.07) is 8.59. The zero-order valence-electron chi connectivity index (χ0n) is 22.0. The Morgan fingerprint density at radius 3 is 2.42 bits per heavy atom. The van der Waals surface area contributed by atoms with Crippen LogP contribution >= 0.6 is 0 Å². The molecule has 2 bridgehead atoms. The topological polar surface area (TPSA) is 90.4 Å². The minimum atomic E-state index is -1.07. The first kappa shape index (κ1) is 26.6. The number of para-hydroxylation sites is 1. The number of aliphatic hydroxyl groups is 1. The van der Waals surface area contributed by atoms with Gasteiger partial charge in [-0.1, -0.05) is 49.6 Å². The smallest absolute Gasteiger partial charge is 0.248 e. The molecular formula is C30H39N3O5. The van der Waals surface area contributed by atoms with Gasteiger partial charge < -0.3 is 24.5 Å². The van der Waals surface area contributed by atoms with E-state index in [0.29, 0.717) is 25.9 Å². The van der Waals surface area contributed by atoms with E-state index in [9.17, 15) is 19.5 Å². The number of ether oxygens (including phenoxy) is 1.